The van der Waals surface area contributed by atoms with E-state index in [1.807, 2.05) is 0 Å². The summed E-state index contributed by atoms with van der Waals surface area (Å²) in [5, 5.41) is 0. The van der Waals surface area contributed by atoms with Gasteiger partial charge >= 0.3 is 0 Å². The molecule has 0 bridgehead atoms. The Morgan fingerprint density at radius 3 is 2.50 bits per heavy atom. The topological polar surface area (TPSA) is 32.5 Å². The molecule has 1 fully saturated rings. The minimum absolute atomic E-state index is 0.248. The molecule has 2 N–H and O–H groups in total. The number of likely N-dealkylation sites (N-methyl/N-ethyl adjacent to an activating group) is 1. The van der Waals surface area contributed by atoms with E-state index < -0.39 is 0 Å². The zero-order valence-electron chi connectivity index (χ0n) is 11.5. The van der Waals surface area contributed by atoms with Gasteiger partial charge in [0.15, 0.2) is 0 Å². The average Bonchev–Trinajstić information content (AvgIpc) is 2.51. The van der Waals surface area contributed by atoms with Crippen molar-refractivity contribution in [3.05, 3.63) is 0 Å². The normalized spacial score (nSPS) is 28.7. The Morgan fingerprint density at radius 2 is 2.00 bits per heavy atom. The second-order valence-corrected chi connectivity index (χ2v) is 5.43. The minimum Gasteiger partial charge on any atom is -0.329 e. The van der Waals surface area contributed by atoms with Crippen molar-refractivity contribution in [2.45, 2.75) is 51.6 Å². The van der Waals surface area contributed by atoms with Gasteiger partial charge in [0.05, 0.1) is 0 Å². The van der Waals surface area contributed by atoms with Gasteiger partial charge in [0.1, 0.15) is 0 Å². The Kier molecular flexibility index (Phi) is 5.22. The lowest BCUT2D eigenvalue weighted by molar-refractivity contribution is 0.111. The molecule has 1 atom stereocenters. The Bertz CT molecular complexity index is 205. The number of hydrogen-bond acceptors (Lipinski definition) is 3. The first kappa shape index (κ1) is 13.9. The zero-order chi connectivity index (χ0) is 12.2. The van der Waals surface area contributed by atoms with E-state index in [1.54, 1.807) is 0 Å². The largest absolute Gasteiger partial charge is 0.329 e. The molecule has 1 rings (SSSR count). The third-order valence-electron chi connectivity index (χ3n) is 4.35. The lowest BCUT2D eigenvalue weighted by atomic mass is 9.89. The Balaban J connectivity index is 2.68. The summed E-state index contributed by atoms with van der Waals surface area (Å²) < 4.78 is 0. The quantitative estimate of drug-likeness (QED) is 0.790. The predicted molar refractivity (Wildman–Crippen MR) is 70.6 cm³/mol. The molecule has 1 aliphatic rings. The summed E-state index contributed by atoms with van der Waals surface area (Å²) in [4.78, 5) is 5.04. The van der Waals surface area contributed by atoms with Crippen LogP contribution in [0, 0.1) is 0 Å². The van der Waals surface area contributed by atoms with Gasteiger partial charge in [0, 0.05) is 24.7 Å². The molecule has 0 saturated carbocycles. The molecule has 0 radical (unpaired) electrons. The van der Waals surface area contributed by atoms with Crippen LogP contribution in [0.15, 0.2) is 0 Å². The number of likely N-dealkylation sites (tertiary alicyclic amines) is 1. The Hall–Kier alpha value is -0.120. The maximum atomic E-state index is 6.05. The standard InChI is InChI=1S/C13H29N3/c1-5-15(4)13(11-14)7-6-9-16(10-8-13)12(2)3/h12H,5-11,14H2,1-4H3. The molecule has 0 spiro atoms. The van der Waals surface area contributed by atoms with Gasteiger partial charge in [-0.1, -0.05) is 6.92 Å². The molecule has 0 amide bonds. The number of hydrogen-bond donors (Lipinski definition) is 1. The Labute approximate surface area is 101 Å². The Morgan fingerprint density at radius 1 is 1.31 bits per heavy atom. The lowest BCUT2D eigenvalue weighted by Gasteiger charge is -2.40. The van der Waals surface area contributed by atoms with Crippen LogP contribution < -0.4 is 5.73 Å². The van der Waals surface area contributed by atoms with Gasteiger partial charge in [-0.05, 0) is 53.2 Å². The highest BCUT2D eigenvalue weighted by atomic mass is 15.2. The first-order valence-electron chi connectivity index (χ1n) is 6.71. The molecule has 1 saturated heterocycles. The predicted octanol–water partition coefficient (Wildman–Crippen LogP) is 1.53. The minimum atomic E-state index is 0.248. The highest BCUT2D eigenvalue weighted by molar-refractivity contribution is 4.93. The van der Waals surface area contributed by atoms with Crippen LogP contribution >= 0.6 is 0 Å². The molecule has 3 heteroatoms. The molecule has 0 aliphatic carbocycles. The highest BCUT2D eigenvalue weighted by Crippen LogP contribution is 2.27. The highest BCUT2D eigenvalue weighted by Gasteiger charge is 2.34. The second kappa shape index (κ2) is 5.99. The van der Waals surface area contributed by atoms with Crippen molar-refractivity contribution in [2.75, 3.05) is 33.2 Å². The maximum absolute atomic E-state index is 6.05. The first-order chi connectivity index (χ1) is 7.55. The summed E-state index contributed by atoms with van der Waals surface area (Å²) in [6, 6.07) is 0.667. The van der Waals surface area contributed by atoms with Crippen LogP contribution in [0.3, 0.4) is 0 Å². The monoisotopic (exact) mass is 227 g/mol. The summed E-state index contributed by atoms with van der Waals surface area (Å²) in [6.45, 7) is 11.1. The van der Waals surface area contributed by atoms with Crippen molar-refractivity contribution in [1.82, 2.24) is 9.80 Å². The molecular formula is C13H29N3. The van der Waals surface area contributed by atoms with Crippen molar-refractivity contribution in [1.29, 1.82) is 0 Å². The molecule has 16 heavy (non-hydrogen) atoms. The molecule has 1 heterocycles. The van der Waals surface area contributed by atoms with Gasteiger partial charge in [-0.15, -0.1) is 0 Å². The molecule has 0 aromatic carbocycles. The summed E-state index contributed by atoms with van der Waals surface area (Å²) in [5.41, 5.74) is 6.29. The van der Waals surface area contributed by atoms with Crippen molar-refractivity contribution in [3.8, 4) is 0 Å². The van der Waals surface area contributed by atoms with Crippen LogP contribution in [0.5, 0.6) is 0 Å². The number of nitrogens with zero attached hydrogens (tertiary/aromatic N) is 2. The fourth-order valence-electron chi connectivity index (χ4n) is 2.79. The third kappa shape index (κ3) is 2.96. The van der Waals surface area contributed by atoms with Crippen molar-refractivity contribution in [3.63, 3.8) is 0 Å². The van der Waals surface area contributed by atoms with Gasteiger partial charge in [0.25, 0.3) is 0 Å². The van der Waals surface area contributed by atoms with Crippen LogP contribution in [-0.4, -0.2) is 54.6 Å². The van der Waals surface area contributed by atoms with E-state index >= 15 is 0 Å². The van der Waals surface area contributed by atoms with Crippen LogP contribution in [0.25, 0.3) is 0 Å². The maximum Gasteiger partial charge on any atom is 0.0341 e. The summed E-state index contributed by atoms with van der Waals surface area (Å²) in [6.07, 6.45) is 3.74. The molecule has 96 valence electrons. The van der Waals surface area contributed by atoms with E-state index in [-0.39, 0.29) is 5.54 Å². The van der Waals surface area contributed by atoms with Gasteiger partial charge < -0.3 is 10.6 Å². The smallest absolute Gasteiger partial charge is 0.0341 e. The molecule has 0 aromatic rings. The molecule has 0 aromatic heterocycles. The average molecular weight is 227 g/mol. The first-order valence-corrected chi connectivity index (χ1v) is 6.71. The SMILES string of the molecule is CCN(C)C1(CN)CCCN(C(C)C)CC1. The number of nitrogens with two attached hydrogens (primary N) is 1. The summed E-state index contributed by atoms with van der Waals surface area (Å²) in [5.74, 6) is 0. The fourth-order valence-corrected chi connectivity index (χ4v) is 2.79. The van der Waals surface area contributed by atoms with Crippen LogP contribution in [0.1, 0.15) is 40.0 Å². The summed E-state index contributed by atoms with van der Waals surface area (Å²) >= 11 is 0. The molecule has 1 aliphatic heterocycles. The van der Waals surface area contributed by atoms with Gasteiger partial charge in [-0.25, -0.2) is 0 Å². The fraction of sp³-hybridized carbons (Fsp3) is 1.00. The zero-order valence-corrected chi connectivity index (χ0v) is 11.5. The van der Waals surface area contributed by atoms with Crippen molar-refractivity contribution >= 4 is 0 Å². The van der Waals surface area contributed by atoms with E-state index in [4.69, 9.17) is 5.73 Å². The molecule has 1 unspecified atom stereocenters. The van der Waals surface area contributed by atoms with E-state index in [1.165, 1.54) is 32.4 Å². The van der Waals surface area contributed by atoms with E-state index in [2.05, 4.69) is 37.6 Å². The van der Waals surface area contributed by atoms with E-state index in [0.29, 0.717) is 6.04 Å². The lowest BCUT2D eigenvalue weighted by Crippen LogP contribution is -2.52. The number of rotatable bonds is 4. The van der Waals surface area contributed by atoms with Gasteiger partial charge in [-0.2, -0.15) is 0 Å². The molecule has 3 nitrogen and oxygen atoms in total. The van der Waals surface area contributed by atoms with Crippen LogP contribution in [-0.2, 0) is 0 Å². The third-order valence-corrected chi connectivity index (χ3v) is 4.35. The van der Waals surface area contributed by atoms with Crippen LogP contribution in [0.4, 0.5) is 0 Å². The van der Waals surface area contributed by atoms with E-state index in [0.717, 1.165) is 13.1 Å². The van der Waals surface area contributed by atoms with Crippen molar-refractivity contribution < 1.29 is 0 Å². The molecular weight excluding hydrogens is 198 g/mol. The van der Waals surface area contributed by atoms with Gasteiger partial charge in [-0.3, -0.25) is 4.90 Å². The summed E-state index contributed by atoms with van der Waals surface area (Å²) in [7, 11) is 2.22. The second-order valence-electron chi connectivity index (χ2n) is 5.43. The van der Waals surface area contributed by atoms with E-state index in [9.17, 15) is 0 Å². The van der Waals surface area contributed by atoms with Crippen LogP contribution in [0.2, 0.25) is 0 Å². The van der Waals surface area contributed by atoms with Crippen molar-refractivity contribution in [2.24, 2.45) is 5.73 Å². The van der Waals surface area contributed by atoms with Gasteiger partial charge in [0.2, 0.25) is 0 Å².